The summed E-state index contributed by atoms with van der Waals surface area (Å²) in [4.78, 5) is 0. The van der Waals surface area contributed by atoms with Crippen molar-refractivity contribution in [3.63, 3.8) is 0 Å². The van der Waals surface area contributed by atoms with Gasteiger partial charge in [-0.05, 0) is 60.8 Å². The monoisotopic (exact) mass is 293 g/mol. The topological polar surface area (TPSA) is 34.4 Å². The Morgan fingerprint density at radius 2 is 2.00 bits per heavy atom. The smallest absolute Gasteiger partial charge is 0.198 e. The molecule has 1 unspecified atom stereocenters. The molecule has 3 nitrogen and oxygen atoms in total. The molecule has 0 aliphatic heterocycles. The Morgan fingerprint density at radius 3 is 2.55 bits per heavy atom. The Labute approximate surface area is 124 Å². The van der Waals surface area contributed by atoms with E-state index in [9.17, 15) is 0 Å². The van der Waals surface area contributed by atoms with Gasteiger partial charge in [-0.25, -0.2) is 0 Å². The molecule has 0 aliphatic carbocycles. The fourth-order valence-corrected chi connectivity index (χ4v) is 2.67. The zero-order chi connectivity index (χ0) is 14.7. The number of hydrogen-bond donors (Lipinski definition) is 1. The maximum Gasteiger partial charge on any atom is 0.198 e. The summed E-state index contributed by atoms with van der Waals surface area (Å²) in [5, 5.41) is 3.90. The lowest BCUT2D eigenvalue weighted by Gasteiger charge is -2.21. The number of rotatable bonds is 5. The number of aryl methyl sites for hydroxylation is 2. The van der Waals surface area contributed by atoms with Crippen LogP contribution >= 0.6 is 11.6 Å². The molecule has 0 saturated heterocycles. The van der Waals surface area contributed by atoms with E-state index < -0.39 is 0 Å². The van der Waals surface area contributed by atoms with Crippen molar-refractivity contribution in [2.75, 3.05) is 13.7 Å². The van der Waals surface area contributed by atoms with Gasteiger partial charge >= 0.3 is 0 Å². The summed E-state index contributed by atoms with van der Waals surface area (Å²) in [6.07, 6.45) is 1.62. The molecule has 0 bridgehead atoms. The van der Waals surface area contributed by atoms with Crippen molar-refractivity contribution in [1.29, 1.82) is 0 Å². The highest BCUT2D eigenvalue weighted by Gasteiger charge is 2.21. The molecule has 4 heteroatoms. The lowest BCUT2D eigenvalue weighted by molar-refractivity contribution is 0.411. The minimum atomic E-state index is 0.0239. The number of hydrogen-bond acceptors (Lipinski definition) is 3. The minimum Gasteiger partial charge on any atom is -0.496 e. The van der Waals surface area contributed by atoms with E-state index in [0.717, 1.165) is 29.0 Å². The largest absolute Gasteiger partial charge is 0.496 e. The van der Waals surface area contributed by atoms with Crippen LogP contribution in [-0.2, 0) is 0 Å². The normalized spacial score (nSPS) is 12.4. The first-order chi connectivity index (χ1) is 9.58. The third kappa shape index (κ3) is 2.84. The predicted molar refractivity (Wildman–Crippen MR) is 81.7 cm³/mol. The molecule has 0 fully saturated rings. The summed E-state index contributed by atoms with van der Waals surface area (Å²) < 4.78 is 10.6. The van der Waals surface area contributed by atoms with Gasteiger partial charge in [-0.15, -0.1) is 0 Å². The van der Waals surface area contributed by atoms with Gasteiger partial charge in [-0.3, -0.25) is 0 Å². The van der Waals surface area contributed by atoms with Gasteiger partial charge < -0.3 is 14.5 Å². The highest BCUT2D eigenvalue weighted by Crippen LogP contribution is 2.33. The van der Waals surface area contributed by atoms with Crippen molar-refractivity contribution in [2.45, 2.75) is 26.8 Å². The second kappa shape index (κ2) is 6.33. The summed E-state index contributed by atoms with van der Waals surface area (Å²) in [6.45, 7) is 7.04. The molecular weight excluding hydrogens is 274 g/mol. The summed E-state index contributed by atoms with van der Waals surface area (Å²) in [5.41, 5.74) is 4.42. The average Bonchev–Trinajstić information content (AvgIpc) is 2.84. The van der Waals surface area contributed by atoms with Gasteiger partial charge in [0.2, 0.25) is 0 Å². The van der Waals surface area contributed by atoms with E-state index in [1.165, 1.54) is 5.56 Å². The van der Waals surface area contributed by atoms with E-state index in [2.05, 4.69) is 31.3 Å². The number of halogens is 1. The molecule has 0 amide bonds. The van der Waals surface area contributed by atoms with Crippen LogP contribution in [0.5, 0.6) is 5.75 Å². The van der Waals surface area contributed by atoms with Gasteiger partial charge in [0.15, 0.2) is 5.22 Å². The van der Waals surface area contributed by atoms with Gasteiger partial charge in [0.05, 0.1) is 19.4 Å². The molecule has 0 aliphatic rings. The van der Waals surface area contributed by atoms with Crippen molar-refractivity contribution in [1.82, 2.24) is 5.32 Å². The molecule has 1 aromatic carbocycles. The number of nitrogens with one attached hydrogen (secondary N) is 1. The van der Waals surface area contributed by atoms with E-state index in [-0.39, 0.29) is 6.04 Å². The second-order valence-electron chi connectivity index (χ2n) is 4.82. The highest BCUT2D eigenvalue weighted by molar-refractivity contribution is 6.29. The molecule has 20 heavy (non-hydrogen) atoms. The zero-order valence-electron chi connectivity index (χ0n) is 12.3. The van der Waals surface area contributed by atoms with Crippen LogP contribution in [0.2, 0.25) is 5.22 Å². The van der Waals surface area contributed by atoms with Crippen LogP contribution in [0.15, 0.2) is 28.9 Å². The second-order valence-corrected chi connectivity index (χ2v) is 5.16. The van der Waals surface area contributed by atoms with Crippen LogP contribution < -0.4 is 10.1 Å². The van der Waals surface area contributed by atoms with Crippen molar-refractivity contribution >= 4 is 11.6 Å². The van der Waals surface area contributed by atoms with Crippen LogP contribution in [0.3, 0.4) is 0 Å². The van der Waals surface area contributed by atoms with Crippen LogP contribution in [0.4, 0.5) is 0 Å². The van der Waals surface area contributed by atoms with Gasteiger partial charge in [0.1, 0.15) is 5.75 Å². The quantitative estimate of drug-likeness (QED) is 0.894. The van der Waals surface area contributed by atoms with Gasteiger partial charge in [0.25, 0.3) is 0 Å². The van der Waals surface area contributed by atoms with Crippen molar-refractivity contribution < 1.29 is 9.15 Å². The first kappa shape index (κ1) is 14.9. The van der Waals surface area contributed by atoms with Crippen LogP contribution in [0, 0.1) is 13.8 Å². The van der Waals surface area contributed by atoms with Gasteiger partial charge in [-0.2, -0.15) is 0 Å². The van der Waals surface area contributed by atoms with E-state index in [4.69, 9.17) is 20.8 Å². The summed E-state index contributed by atoms with van der Waals surface area (Å²) in [6, 6.07) is 6.14. The first-order valence-corrected chi connectivity index (χ1v) is 7.07. The predicted octanol–water partition coefficient (Wildman–Crippen LogP) is 4.26. The molecule has 1 atom stereocenters. The number of furan rings is 1. The maximum atomic E-state index is 6.14. The summed E-state index contributed by atoms with van der Waals surface area (Å²) in [5.74, 6) is 0.903. The van der Waals surface area contributed by atoms with Crippen LogP contribution in [0.25, 0.3) is 0 Å². The molecule has 1 N–H and O–H groups in total. The molecule has 1 aromatic heterocycles. The van der Waals surface area contributed by atoms with Crippen LogP contribution in [-0.4, -0.2) is 13.7 Å². The molecule has 108 valence electrons. The third-order valence-corrected chi connectivity index (χ3v) is 3.77. The Balaban J connectivity index is 2.50. The molecule has 2 rings (SSSR count). The number of ether oxygens (including phenoxy) is 1. The SMILES string of the molecule is CCNC(c1cc(C)c(OC)cc1C)c1ccoc1Cl. The zero-order valence-corrected chi connectivity index (χ0v) is 13.0. The molecular formula is C16H20ClNO2. The maximum absolute atomic E-state index is 6.14. The molecule has 1 heterocycles. The van der Waals surface area contributed by atoms with E-state index in [1.54, 1.807) is 13.4 Å². The number of methoxy groups -OCH3 is 1. The lowest BCUT2D eigenvalue weighted by atomic mass is 9.94. The standard InChI is InChI=1S/C16H20ClNO2/c1-5-18-15(12-6-7-20-16(12)17)13-8-11(3)14(19-4)9-10(13)2/h6-9,15,18H,5H2,1-4H3. The first-order valence-electron chi connectivity index (χ1n) is 6.69. The molecule has 0 radical (unpaired) electrons. The third-order valence-electron chi connectivity index (χ3n) is 3.46. The lowest BCUT2D eigenvalue weighted by Crippen LogP contribution is -2.22. The number of benzene rings is 1. The average molecular weight is 294 g/mol. The highest BCUT2D eigenvalue weighted by atomic mass is 35.5. The van der Waals surface area contributed by atoms with E-state index in [1.807, 2.05) is 13.0 Å². The Bertz CT molecular complexity index is 592. The Hall–Kier alpha value is -1.45. The molecule has 2 aromatic rings. The summed E-state index contributed by atoms with van der Waals surface area (Å²) in [7, 11) is 1.69. The van der Waals surface area contributed by atoms with Crippen LogP contribution in [0.1, 0.15) is 35.2 Å². The van der Waals surface area contributed by atoms with Crippen molar-refractivity contribution in [3.8, 4) is 5.75 Å². The Kier molecular flexibility index (Phi) is 4.73. The molecule has 0 saturated carbocycles. The fraction of sp³-hybridized carbons (Fsp3) is 0.375. The fourth-order valence-electron chi connectivity index (χ4n) is 2.44. The van der Waals surface area contributed by atoms with Gasteiger partial charge in [0, 0.05) is 5.56 Å². The van der Waals surface area contributed by atoms with E-state index in [0.29, 0.717) is 5.22 Å². The Morgan fingerprint density at radius 1 is 1.25 bits per heavy atom. The molecule has 0 spiro atoms. The van der Waals surface area contributed by atoms with E-state index >= 15 is 0 Å². The summed E-state index contributed by atoms with van der Waals surface area (Å²) >= 11 is 6.14. The minimum absolute atomic E-state index is 0.0239. The van der Waals surface area contributed by atoms with Gasteiger partial charge in [-0.1, -0.05) is 13.0 Å². The van der Waals surface area contributed by atoms with Crippen molar-refractivity contribution in [3.05, 3.63) is 51.9 Å². The van der Waals surface area contributed by atoms with Crippen molar-refractivity contribution in [2.24, 2.45) is 0 Å².